The van der Waals surface area contributed by atoms with Crippen molar-refractivity contribution in [3.8, 4) is 0 Å². The molecule has 5 heteroatoms. The molecule has 4 unspecified atom stereocenters. The Kier molecular flexibility index (Phi) is 18.6. The van der Waals surface area contributed by atoms with E-state index in [1.807, 2.05) is 0 Å². The molecule has 0 aliphatic carbocycles. The van der Waals surface area contributed by atoms with Crippen LogP contribution in [0.15, 0.2) is 0 Å². The number of rotatable bonds is 23. The average molecular weight is 471 g/mol. The summed E-state index contributed by atoms with van der Waals surface area (Å²) in [6, 6.07) is 0. The minimum absolute atomic E-state index is 0.0434. The summed E-state index contributed by atoms with van der Waals surface area (Å²) in [5.41, 5.74) is -2.21. The van der Waals surface area contributed by atoms with Gasteiger partial charge in [-0.15, -0.1) is 0 Å². The van der Waals surface area contributed by atoms with Crippen molar-refractivity contribution in [2.24, 2.45) is 17.8 Å². The highest BCUT2D eigenvalue weighted by molar-refractivity contribution is 5.85. The van der Waals surface area contributed by atoms with Crippen molar-refractivity contribution in [1.29, 1.82) is 0 Å². The number of aliphatic hydroxyl groups is 1. The largest absolute Gasteiger partial charge is 0.481 e. The minimum Gasteiger partial charge on any atom is -0.481 e. The molecule has 0 heterocycles. The van der Waals surface area contributed by atoms with E-state index in [-0.39, 0.29) is 24.7 Å². The summed E-state index contributed by atoms with van der Waals surface area (Å²) in [6.45, 7) is 8.55. The quantitative estimate of drug-likeness (QED) is 0.132. The van der Waals surface area contributed by atoms with Gasteiger partial charge in [-0.2, -0.15) is 0 Å². The van der Waals surface area contributed by atoms with Crippen LogP contribution in [0.1, 0.15) is 143 Å². The van der Waals surface area contributed by atoms with Gasteiger partial charge < -0.3 is 15.3 Å². The number of unbranched alkanes of at least 4 members (excludes halogenated alkanes) is 8. The first-order valence-electron chi connectivity index (χ1n) is 13.9. The van der Waals surface area contributed by atoms with Crippen LogP contribution in [0.4, 0.5) is 0 Å². The molecule has 0 amide bonds. The molecule has 0 aliphatic rings. The molecular weight excluding hydrogens is 416 g/mol. The van der Waals surface area contributed by atoms with Crippen molar-refractivity contribution < 1.29 is 24.9 Å². The van der Waals surface area contributed by atoms with Gasteiger partial charge in [0.1, 0.15) is 0 Å². The number of carboxylic acid groups (broad SMARTS) is 2. The zero-order valence-corrected chi connectivity index (χ0v) is 22.1. The maximum absolute atomic E-state index is 12.3. The van der Waals surface area contributed by atoms with E-state index in [0.717, 1.165) is 96.3 Å². The zero-order chi connectivity index (χ0) is 25.1. The molecule has 5 nitrogen and oxygen atoms in total. The van der Waals surface area contributed by atoms with Gasteiger partial charge in [0, 0.05) is 0 Å². The lowest BCUT2D eigenvalue weighted by Crippen LogP contribution is -2.51. The van der Waals surface area contributed by atoms with Crippen LogP contribution >= 0.6 is 0 Å². The fraction of sp³-hybridized carbons (Fsp3) is 0.929. The smallest absolute Gasteiger partial charge is 0.336 e. The van der Waals surface area contributed by atoms with Gasteiger partial charge in [0.2, 0.25) is 0 Å². The van der Waals surface area contributed by atoms with Crippen LogP contribution in [0.5, 0.6) is 0 Å². The van der Waals surface area contributed by atoms with E-state index >= 15 is 0 Å². The molecule has 0 bridgehead atoms. The normalized spacial score (nSPS) is 16.2. The lowest BCUT2D eigenvalue weighted by atomic mass is 9.72. The highest BCUT2D eigenvalue weighted by Crippen LogP contribution is 2.37. The first-order chi connectivity index (χ1) is 15.8. The standard InChI is InChI=1S/C28H54O5/c1-5-9-13-15-19-23(17-11-7-3)21-25(26(29)30)28(33,27(31)32)22-24(18-12-8-4)20-16-14-10-6-2/h23-25,33H,5-22H2,1-4H3,(H,29,30)(H,31,32). The number of carboxylic acids is 2. The van der Waals surface area contributed by atoms with Crippen LogP contribution in [0.2, 0.25) is 0 Å². The van der Waals surface area contributed by atoms with Crippen molar-refractivity contribution in [3.63, 3.8) is 0 Å². The van der Waals surface area contributed by atoms with Crippen molar-refractivity contribution in [2.45, 2.75) is 149 Å². The Morgan fingerprint density at radius 3 is 1.48 bits per heavy atom. The Hall–Kier alpha value is -1.10. The van der Waals surface area contributed by atoms with Gasteiger partial charge in [0.05, 0.1) is 5.92 Å². The lowest BCUT2D eigenvalue weighted by Gasteiger charge is -2.35. The van der Waals surface area contributed by atoms with Crippen LogP contribution in [0.3, 0.4) is 0 Å². The van der Waals surface area contributed by atoms with E-state index in [4.69, 9.17) is 0 Å². The average Bonchev–Trinajstić information content (AvgIpc) is 2.78. The predicted octanol–water partition coefficient (Wildman–Crippen LogP) is 7.84. The van der Waals surface area contributed by atoms with Crippen molar-refractivity contribution >= 4 is 11.9 Å². The highest BCUT2D eigenvalue weighted by atomic mass is 16.4. The SMILES string of the molecule is CCCCCCC(CCCC)CC(C(=O)O)C(O)(CC(CCCC)CCCCCC)C(=O)O. The maximum atomic E-state index is 12.3. The monoisotopic (exact) mass is 470 g/mol. The molecule has 0 aromatic heterocycles. The third-order valence-corrected chi connectivity index (χ3v) is 7.28. The summed E-state index contributed by atoms with van der Waals surface area (Å²) >= 11 is 0. The van der Waals surface area contributed by atoms with Crippen LogP contribution in [-0.2, 0) is 9.59 Å². The molecular formula is C28H54O5. The zero-order valence-electron chi connectivity index (χ0n) is 22.1. The molecule has 0 aromatic rings. The van der Waals surface area contributed by atoms with E-state index in [1.165, 1.54) is 6.42 Å². The van der Waals surface area contributed by atoms with Gasteiger partial charge >= 0.3 is 11.9 Å². The van der Waals surface area contributed by atoms with Gasteiger partial charge in [-0.1, -0.05) is 130 Å². The Labute approximate surface area is 203 Å². The summed E-state index contributed by atoms with van der Waals surface area (Å²) in [5, 5.41) is 31.5. The van der Waals surface area contributed by atoms with Gasteiger partial charge in [-0.05, 0) is 24.7 Å². The van der Waals surface area contributed by atoms with Crippen LogP contribution in [-0.4, -0.2) is 32.9 Å². The third-order valence-electron chi connectivity index (χ3n) is 7.28. The Morgan fingerprint density at radius 1 is 0.636 bits per heavy atom. The second-order valence-electron chi connectivity index (χ2n) is 10.3. The fourth-order valence-electron chi connectivity index (χ4n) is 5.09. The number of hydrogen-bond donors (Lipinski definition) is 3. The highest BCUT2D eigenvalue weighted by Gasteiger charge is 2.49. The summed E-state index contributed by atoms with van der Waals surface area (Å²) in [7, 11) is 0. The lowest BCUT2D eigenvalue weighted by molar-refractivity contribution is -0.178. The second kappa shape index (κ2) is 19.2. The van der Waals surface area contributed by atoms with Crippen molar-refractivity contribution in [2.75, 3.05) is 0 Å². The molecule has 3 N–H and O–H groups in total. The van der Waals surface area contributed by atoms with Crippen LogP contribution in [0, 0.1) is 17.8 Å². The second-order valence-corrected chi connectivity index (χ2v) is 10.3. The van der Waals surface area contributed by atoms with E-state index in [9.17, 15) is 24.9 Å². The van der Waals surface area contributed by atoms with E-state index < -0.39 is 23.5 Å². The Balaban J connectivity index is 5.55. The number of hydrogen-bond acceptors (Lipinski definition) is 3. The summed E-state index contributed by atoms with van der Waals surface area (Å²) in [6.07, 6.45) is 16.7. The minimum atomic E-state index is -2.21. The molecule has 0 fully saturated rings. The van der Waals surface area contributed by atoms with Crippen molar-refractivity contribution in [1.82, 2.24) is 0 Å². The summed E-state index contributed by atoms with van der Waals surface area (Å²) < 4.78 is 0. The molecule has 196 valence electrons. The fourth-order valence-corrected chi connectivity index (χ4v) is 5.09. The van der Waals surface area contributed by atoms with Crippen LogP contribution in [0.25, 0.3) is 0 Å². The third kappa shape index (κ3) is 13.4. The van der Waals surface area contributed by atoms with Gasteiger partial charge in [0.15, 0.2) is 5.60 Å². The molecule has 0 saturated heterocycles. The Bertz CT molecular complexity index is 507. The molecule has 0 aliphatic heterocycles. The molecule has 0 rings (SSSR count). The number of aliphatic carboxylic acids is 2. The predicted molar refractivity (Wildman–Crippen MR) is 136 cm³/mol. The topological polar surface area (TPSA) is 94.8 Å². The van der Waals surface area contributed by atoms with E-state index in [0.29, 0.717) is 0 Å². The first-order valence-corrected chi connectivity index (χ1v) is 13.9. The summed E-state index contributed by atoms with van der Waals surface area (Å²) in [4.78, 5) is 24.6. The Morgan fingerprint density at radius 2 is 1.06 bits per heavy atom. The molecule has 0 radical (unpaired) electrons. The van der Waals surface area contributed by atoms with Crippen molar-refractivity contribution in [3.05, 3.63) is 0 Å². The van der Waals surface area contributed by atoms with E-state index in [1.54, 1.807) is 0 Å². The molecule has 0 aromatic carbocycles. The molecule has 0 saturated carbocycles. The molecule has 33 heavy (non-hydrogen) atoms. The molecule has 0 spiro atoms. The number of carbonyl (C=O) groups is 2. The first kappa shape index (κ1) is 31.9. The maximum Gasteiger partial charge on any atom is 0.336 e. The summed E-state index contributed by atoms with van der Waals surface area (Å²) in [5.74, 6) is -3.61. The van der Waals surface area contributed by atoms with Gasteiger partial charge in [-0.3, -0.25) is 4.79 Å². The molecule has 4 atom stereocenters. The van der Waals surface area contributed by atoms with Gasteiger partial charge in [-0.25, -0.2) is 4.79 Å². The van der Waals surface area contributed by atoms with Gasteiger partial charge in [0.25, 0.3) is 0 Å². The van der Waals surface area contributed by atoms with E-state index in [2.05, 4.69) is 27.7 Å². The van der Waals surface area contributed by atoms with Crippen LogP contribution < -0.4 is 0 Å².